The summed E-state index contributed by atoms with van der Waals surface area (Å²) in [5.74, 6) is 0.963. The molecule has 126 valence electrons. The average Bonchev–Trinajstić information content (AvgIpc) is 3.01. The van der Waals surface area contributed by atoms with Crippen LogP contribution in [0.4, 0.5) is 0 Å². The van der Waals surface area contributed by atoms with E-state index in [1.165, 1.54) is 0 Å². The summed E-state index contributed by atoms with van der Waals surface area (Å²) in [5.41, 5.74) is 2.05. The summed E-state index contributed by atoms with van der Waals surface area (Å²) in [6.07, 6.45) is 2.58. The highest BCUT2D eigenvalue weighted by Crippen LogP contribution is 2.26. The molecule has 1 amide bonds. The number of hydrogen-bond donors (Lipinski definition) is 0. The second kappa shape index (κ2) is 7.84. The van der Waals surface area contributed by atoms with Crippen molar-refractivity contribution in [1.82, 2.24) is 4.90 Å². The second-order valence-electron chi connectivity index (χ2n) is 6.28. The van der Waals surface area contributed by atoms with Crippen molar-refractivity contribution in [3.8, 4) is 5.75 Å². The molecule has 1 aliphatic rings. The normalized spacial score (nSPS) is 17.1. The molecule has 3 rings (SSSR count). The van der Waals surface area contributed by atoms with E-state index < -0.39 is 0 Å². The van der Waals surface area contributed by atoms with E-state index in [4.69, 9.17) is 4.74 Å². The smallest absolute Gasteiger partial charge is 0.227 e. The first-order chi connectivity index (χ1) is 11.6. The van der Waals surface area contributed by atoms with Gasteiger partial charge in [-0.3, -0.25) is 4.79 Å². The zero-order valence-electron chi connectivity index (χ0n) is 13.9. The van der Waals surface area contributed by atoms with Crippen LogP contribution in [0, 0.1) is 0 Å². The SMILES string of the molecule is CC1CCCN1C(=O)Cc1cc(Br)ccc1OCc1ccccc1. The molecule has 0 radical (unpaired) electrons. The maximum absolute atomic E-state index is 12.6. The molecular formula is C20H22BrNO2. The predicted octanol–water partition coefficient (Wildman–Crippen LogP) is 4.58. The zero-order valence-corrected chi connectivity index (χ0v) is 15.5. The number of amides is 1. The van der Waals surface area contributed by atoms with Gasteiger partial charge in [-0.1, -0.05) is 46.3 Å². The molecule has 1 heterocycles. The second-order valence-corrected chi connectivity index (χ2v) is 7.20. The van der Waals surface area contributed by atoms with Crippen LogP contribution in [0.3, 0.4) is 0 Å². The summed E-state index contributed by atoms with van der Waals surface area (Å²) in [6.45, 7) is 3.50. The Balaban J connectivity index is 1.72. The molecule has 1 fully saturated rings. The third-order valence-electron chi connectivity index (χ3n) is 4.47. The van der Waals surface area contributed by atoms with E-state index in [1.807, 2.05) is 53.4 Å². The lowest BCUT2D eigenvalue weighted by atomic mass is 10.1. The summed E-state index contributed by atoms with van der Waals surface area (Å²) in [4.78, 5) is 14.6. The number of carbonyl (C=O) groups excluding carboxylic acids is 1. The Morgan fingerprint density at radius 1 is 1.25 bits per heavy atom. The van der Waals surface area contributed by atoms with Crippen molar-refractivity contribution in [2.75, 3.05) is 6.54 Å². The van der Waals surface area contributed by atoms with E-state index >= 15 is 0 Å². The van der Waals surface area contributed by atoms with Crippen LogP contribution >= 0.6 is 15.9 Å². The van der Waals surface area contributed by atoms with E-state index in [0.717, 1.165) is 40.7 Å². The van der Waals surface area contributed by atoms with Crippen molar-refractivity contribution < 1.29 is 9.53 Å². The molecule has 4 heteroatoms. The van der Waals surface area contributed by atoms with Gasteiger partial charge in [0.1, 0.15) is 12.4 Å². The van der Waals surface area contributed by atoms with Crippen LogP contribution in [0.1, 0.15) is 30.9 Å². The lowest BCUT2D eigenvalue weighted by Crippen LogP contribution is -2.34. The lowest BCUT2D eigenvalue weighted by molar-refractivity contribution is -0.131. The number of carbonyl (C=O) groups is 1. The number of nitrogens with zero attached hydrogens (tertiary/aromatic N) is 1. The van der Waals surface area contributed by atoms with Gasteiger partial charge in [-0.25, -0.2) is 0 Å². The van der Waals surface area contributed by atoms with Crippen LogP contribution in [-0.4, -0.2) is 23.4 Å². The molecule has 0 N–H and O–H groups in total. The summed E-state index contributed by atoms with van der Waals surface area (Å²) >= 11 is 3.50. The fourth-order valence-electron chi connectivity index (χ4n) is 3.13. The Bertz CT molecular complexity index is 702. The Hall–Kier alpha value is -1.81. The highest BCUT2D eigenvalue weighted by atomic mass is 79.9. The predicted molar refractivity (Wildman–Crippen MR) is 99.0 cm³/mol. The zero-order chi connectivity index (χ0) is 16.9. The summed E-state index contributed by atoms with van der Waals surface area (Å²) in [7, 11) is 0. The van der Waals surface area contributed by atoms with E-state index in [2.05, 4.69) is 22.9 Å². The first-order valence-corrected chi connectivity index (χ1v) is 9.17. The van der Waals surface area contributed by atoms with Gasteiger partial charge in [-0.15, -0.1) is 0 Å². The standard InChI is InChI=1S/C20H22BrNO2/c1-15-6-5-11-22(15)20(23)13-17-12-18(21)9-10-19(17)24-14-16-7-3-2-4-8-16/h2-4,7-10,12,15H,5-6,11,13-14H2,1H3. The molecule has 0 spiro atoms. The van der Waals surface area contributed by atoms with Gasteiger partial charge in [0.05, 0.1) is 6.42 Å². The third kappa shape index (κ3) is 4.18. The Kier molecular flexibility index (Phi) is 5.56. The van der Waals surface area contributed by atoms with Crippen molar-refractivity contribution in [2.24, 2.45) is 0 Å². The molecule has 1 saturated heterocycles. The molecule has 24 heavy (non-hydrogen) atoms. The summed E-state index contributed by atoms with van der Waals surface area (Å²) in [5, 5.41) is 0. The van der Waals surface area contributed by atoms with Gasteiger partial charge >= 0.3 is 0 Å². The first kappa shape index (κ1) is 17.0. The van der Waals surface area contributed by atoms with Gasteiger partial charge in [0.25, 0.3) is 0 Å². The molecule has 0 aromatic heterocycles. The van der Waals surface area contributed by atoms with Crippen LogP contribution in [-0.2, 0) is 17.8 Å². The molecule has 0 saturated carbocycles. The van der Waals surface area contributed by atoms with Crippen molar-refractivity contribution in [3.63, 3.8) is 0 Å². The maximum Gasteiger partial charge on any atom is 0.227 e. The molecular weight excluding hydrogens is 366 g/mol. The van der Waals surface area contributed by atoms with Crippen LogP contribution in [0.5, 0.6) is 5.75 Å². The highest BCUT2D eigenvalue weighted by molar-refractivity contribution is 9.10. The van der Waals surface area contributed by atoms with Gasteiger partial charge in [0, 0.05) is 22.6 Å². The maximum atomic E-state index is 12.6. The molecule has 1 aliphatic heterocycles. The van der Waals surface area contributed by atoms with Crippen molar-refractivity contribution in [1.29, 1.82) is 0 Å². The lowest BCUT2D eigenvalue weighted by Gasteiger charge is -2.22. The first-order valence-electron chi connectivity index (χ1n) is 8.38. The number of benzene rings is 2. The van der Waals surface area contributed by atoms with Crippen molar-refractivity contribution in [2.45, 2.75) is 38.8 Å². The number of hydrogen-bond acceptors (Lipinski definition) is 2. The van der Waals surface area contributed by atoms with Gasteiger partial charge < -0.3 is 9.64 Å². The Morgan fingerprint density at radius 3 is 2.75 bits per heavy atom. The number of likely N-dealkylation sites (tertiary alicyclic amines) is 1. The third-order valence-corrected chi connectivity index (χ3v) is 4.97. The van der Waals surface area contributed by atoms with E-state index in [9.17, 15) is 4.79 Å². The quantitative estimate of drug-likeness (QED) is 0.750. The number of ether oxygens (including phenoxy) is 1. The van der Waals surface area contributed by atoms with E-state index in [-0.39, 0.29) is 5.91 Å². The summed E-state index contributed by atoms with van der Waals surface area (Å²) < 4.78 is 6.94. The number of rotatable bonds is 5. The van der Waals surface area contributed by atoms with Crippen molar-refractivity contribution >= 4 is 21.8 Å². The van der Waals surface area contributed by atoms with Gasteiger partial charge in [0.15, 0.2) is 0 Å². The largest absolute Gasteiger partial charge is 0.489 e. The van der Waals surface area contributed by atoms with Gasteiger partial charge in [-0.05, 0) is 43.5 Å². The van der Waals surface area contributed by atoms with E-state index in [1.54, 1.807) is 0 Å². The number of halogens is 1. The van der Waals surface area contributed by atoms with Crippen LogP contribution < -0.4 is 4.74 Å². The van der Waals surface area contributed by atoms with Crippen LogP contribution in [0.2, 0.25) is 0 Å². The minimum absolute atomic E-state index is 0.183. The van der Waals surface area contributed by atoms with Gasteiger partial charge in [-0.2, -0.15) is 0 Å². The Labute approximate surface area is 151 Å². The average molecular weight is 388 g/mol. The molecule has 0 aliphatic carbocycles. The molecule has 2 aromatic carbocycles. The molecule has 0 bridgehead atoms. The van der Waals surface area contributed by atoms with Crippen LogP contribution in [0.25, 0.3) is 0 Å². The minimum atomic E-state index is 0.183. The molecule has 1 unspecified atom stereocenters. The minimum Gasteiger partial charge on any atom is -0.489 e. The highest BCUT2D eigenvalue weighted by Gasteiger charge is 2.25. The molecule has 1 atom stereocenters. The fourth-order valence-corrected chi connectivity index (χ4v) is 3.54. The summed E-state index contributed by atoms with van der Waals surface area (Å²) in [6, 6.07) is 16.3. The topological polar surface area (TPSA) is 29.5 Å². The van der Waals surface area contributed by atoms with Gasteiger partial charge in [0.2, 0.25) is 5.91 Å². The monoisotopic (exact) mass is 387 g/mol. The molecule has 2 aromatic rings. The molecule has 3 nitrogen and oxygen atoms in total. The van der Waals surface area contributed by atoms with E-state index in [0.29, 0.717) is 19.1 Å². The van der Waals surface area contributed by atoms with Crippen LogP contribution in [0.15, 0.2) is 53.0 Å². The fraction of sp³-hybridized carbons (Fsp3) is 0.350. The Morgan fingerprint density at radius 2 is 2.04 bits per heavy atom. The van der Waals surface area contributed by atoms with Crippen molar-refractivity contribution in [3.05, 3.63) is 64.1 Å².